The summed E-state index contributed by atoms with van der Waals surface area (Å²) >= 11 is 0. The van der Waals surface area contributed by atoms with Crippen molar-refractivity contribution in [2.24, 2.45) is 0 Å². The first-order valence-electron chi connectivity index (χ1n) is 13.8. The minimum atomic E-state index is -0.921. The van der Waals surface area contributed by atoms with Gasteiger partial charge in [0.25, 0.3) is 0 Å². The first-order valence-corrected chi connectivity index (χ1v) is 13.8. The van der Waals surface area contributed by atoms with Gasteiger partial charge in [-0.2, -0.15) is 0 Å². The van der Waals surface area contributed by atoms with Gasteiger partial charge in [0.15, 0.2) is 0 Å². The summed E-state index contributed by atoms with van der Waals surface area (Å²) in [5.41, 5.74) is 2.45. The monoisotopic (exact) mass is 537 g/mol. The van der Waals surface area contributed by atoms with E-state index in [-0.39, 0.29) is 18.2 Å². The van der Waals surface area contributed by atoms with Crippen LogP contribution in [0.1, 0.15) is 89.6 Å². The number of amides is 3. The van der Waals surface area contributed by atoms with E-state index in [4.69, 9.17) is 4.74 Å². The largest absolute Gasteiger partial charge is 0.444 e. The second kappa shape index (κ2) is 13.6. The molecule has 2 unspecified atom stereocenters. The average molecular weight is 538 g/mol. The van der Waals surface area contributed by atoms with Crippen LogP contribution < -0.4 is 10.6 Å². The number of hydrogen-bond acceptors (Lipinski definition) is 4. The molecule has 0 aromatic heterocycles. The lowest BCUT2D eigenvalue weighted by Gasteiger charge is -2.36. The minimum Gasteiger partial charge on any atom is -0.444 e. The van der Waals surface area contributed by atoms with E-state index in [1.165, 1.54) is 0 Å². The van der Waals surface area contributed by atoms with E-state index in [2.05, 4.69) is 10.6 Å². The summed E-state index contributed by atoms with van der Waals surface area (Å²) < 4.78 is 5.51. The highest BCUT2D eigenvalue weighted by Gasteiger charge is 2.37. The van der Waals surface area contributed by atoms with Gasteiger partial charge in [-0.3, -0.25) is 9.59 Å². The third-order valence-corrected chi connectivity index (χ3v) is 6.09. The number of aryl methyl sites for hydroxylation is 2. The van der Waals surface area contributed by atoms with Crippen molar-refractivity contribution in [3.63, 3.8) is 0 Å². The quantitative estimate of drug-likeness (QED) is 0.388. The van der Waals surface area contributed by atoms with Gasteiger partial charge in [-0.1, -0.05) is 67.4 Å². The number of hydrogen-bond donors (Lipinski definition) is 2. The molecule has 0 aliphatic carbocycles. The second-order valence-electron chi connectivity index (χ2n) is 12.3. The van der Waals surface area contributed by atoms with Crippen LogP contribution in [-0.4, -0.2) is 46.5 Å². The zero-order valence-electron chi connectivity index (χ0n) is 25.2. The van der Waals surface area contributed by atoms with E-state index < -0.39 is 29.3 Å². The first-order chi connectivity index (χ1) is 18.1. The summed E-state index contributed by atoms with van der Waals surface area (Å²) in [6.07, 6.45) is 1.14. The summed E-state index contributed by atoms with van der Waals surface area (Å²) in [6, 6.07) is 13.7. The Labute approximate surface area is 234 Å². The van der Waals surface area contributed by atoms with E-state index in [1.807, 2.05) is 90.1 Å². The predicted molar refractivity (Wildman–Crippen MR) is 156 cm³/mol. The summed E-state index contributed by atoms with van der Waals surface area (Å²) in [5, 5.41) is 5.90. The highest BCUT2D eigenvalue weighted by molar-refractivity contribution is 5.92. The zero-order chi connectivity index (χ0) is 29.4. The number of ether oxygens (including phenoxy) is 1. The number of alkyl carbamates (subject to hydrolysis) is 1. The molecule has 7 nitrogen and oxygen atoms in total. The van der Waals surface area contributed by atoms with Crippen LogP contribution in [0.5, 0.6) is 0 Å². The first kappa shape index (κ1) is 31.9. The molecule has 0 radical (unpaired) electrons. The second-order valence-corrected chi connectivity index (χ2v) is 12.3. The highest BCUT2D eigenvalue weighted by atomic mass is 16.6. The third-order valence-electron chi connectivity index (χ3n) is 6.09. The fourth-order valence-electron chi connectivity index (χ4n) is 4.42. The number of benzene rings is 2. The van der Waals surface area contributed by atoms with Gasteiger partial charge in [0.2, 0.25) is 11.8 Å². The molecule has 3 amide bonds. The van der Waals surface area contributed by atoms with Crippen molar-refractivity contribution in [2.45, 2.75) is 105 Å². The summed E-state index contributed by atoms with van der Waals surface area (Å²) in [7, 11) is 0. The minimum absolute atomic E-state index is 0.255. The van der Waals surface area contributed by atoms with Crippen molar-refractivity contribution >= 4 is 17.9 Å². The van der Waals surface area contributed by atoms with E-state index in [0.717, 1.165) is 28.7 Å². The Bertz CT molecular complexity index is 1120. The van der Waals surface area contributed by atoms with Gasteiger partial charge in [0.1, 0.15) is 17.7 Å². The van der Waals surface area contributed by atoms with Crippen molar-refractivity contribution in [2.75, 3.05) is 6.54 Å². The van der Waals surface area contributed by atoms with Crippen LogP contribution in [0, 0.1) is 13.8 Å². The maximum atomic E-state index is 14.4. The number of carbonyl (C=O) groups is 3. The van der Waals surface area contributed by atoms with Gasteiger partial charge in [0.05, 0.1) is 0 Å². The molecule has 0 spiro atoms. The lowest BCUT2D eigenvalue weighted by Crippen LogP contribution is -2.55. The van der Waals surface area contributed by atoms with Crippen LogP contribution in [-0.2, 0) is 20.7 Å². The number of nitrogens with one attached hydrogen (secondary N) is 2. The summed E-state index contributed by atoms with van der Waals surface area (Å²) in [5.74, 6) is -0.582. The van der Waals surface area contributed by atoms with Crippen molar-refractivity contribution in [1.82, 2.24) is 15.5 Å². The predicted octanol–water partition coefficient (Wildman–Crippen LogP) is 6.02. The Hall–Kier alpha value is -3.35. The molecule has 39 heavy (non-hydrogen) atoms. The number of carbonyl (C=O) groups excluding carboxylic acids is 3. The van der Waals surface area contributed by atoms with Crippen LogP contribution in [0.15, 0.2) is 48.5 Å². The molecule has 0 saturated heterocycles. The Balaban J connectivity index is 2.60. The average Bonchev–Trinajstić information content (AvgIpc) is 2.80. The lowest BCUT2D eigenvalue weighted by atomic mass is 9.94. The van der Waals surface area contributed by atoms with Gasteiger partial charge in [-0.05, 0) is 78.5 Å². The van der Waals surface area contributed by atoms with Crippen LogP contribution >= 0.6 is 0 Å². The van der Waals surface area contributed by atoms with Crippen LogP contribution in [0.25, 0.3) is 0 Å². The molecule has 2 aromatic carbocycles. The van der Waals surface area contributed by atoms with Gasteiger partial charge >= 0.3 is 6.09 Å². The number of nitrogens with zero attached hydrogens (tertiary/aromatic N) is 1. The lowest BCUT2D eigenvalue weighted by molar-refractivity contribution is -0.143. The van der Waals surface area contributed by atoms with Crippen molar-refractivity contribution in [3.8, 4) is 0 Å². The fraction of sp³-hybridized carbons (Fsp3) is 0.531. The molecule has 0 heterocycles. The van der Waals surface area contributed by atoms with E-state index >= 15 is 0 Å². The molecule has 214 valence electrons. The van der Waals surface area contributed by atoms with Crippen LogP contribution in [0.2, 0.25) is 0 Å². The maximum absolute atomic E-state index is 14.4. The van der Waals surface area contributed by atoms with E-state index in [0.29, 0.717) is 13.0 Å². The standard InChI is InChI=1S/C32H47N3O4/c1-10-11-19-35(27(28(36)34-31(4,5)6)25-18-17-22(2)20-23(25)3)29(37)26(21-24-15-13-12-14-16-24)33-30(38)39-32(7,8)9/h12-18,20,26-27H,10-11,19,21H2,1-9H3,(H,33,38)(H,34,36). The smallest absolute Gasteiger partial charge is 0.408 e. The molecular weight excluding hydrogens is 490 g/mol. The molecule has 0 aliphatic rings. The molecule has 2 atom stereocenters. The van der Waals surface area contributed by atoms with Crippen LogP contribution in [0.3, 0.4) is 0 Å². The van der Waals surface area contributed by atoms with Gasteiger partial charge in [-0.25, -0.2) is 4.79 Å². The molecule has 7 heteroatoms. The van der Waals surface area contributed by atoms with Crippen molar-refractivity contribution in [3.05, 3.63) is 70.8 Å². The molecule has 0 saturated carbocycles. The van der Waals surface area contributed by atoms with Crippen LogP contribution in [0.4, 0.5) is 4.79 Å². The Morgan fingerprint density at radius 1 is 0.949 bits per heavy atom. The maximum Gasteiger partial charge on any atom is 0.408 e. The fourth-order valence-corrected chi connectivity index (χ4v) is 4.42. The van der Waals surface area contributed by atoms with Crippen molar-refractivity contribution in [1.29, 1.82) is 0 Å². The normalized spacial score (nSPS) is 13.3. The SMILES string of the molecule is CCCCN(C(=O)C(Cc1ccccc1)NC(=O)OC(C)(C)C)C(C(=O)NC(C)(C)C)c1ccc(C)cc1C. The summed E-state index contributed by atoms with van der Waals surface area (Å²) in [6.45, 7) is 17.5. The molecule has 0 fully saturated rings. The topological polar surface area (TPSA) is 87.7 Å². The van der Waals surface area contributed by atoms with Gasteiger partial charge in [0, 0.05) is 18.5 Å². The Morgan fingerprint density at radius 2 is 1.59 bits per heavy atom. The zero-order valence-corrected chi connectivity index (χ0v) is 25.2. The van der Waals surface area contributed by atoms with Gasteiger partial charge in [-0.15, -0.1) is 0 Å². The van der Waals surface area contributed by atoms with E-state index in [9.17, 15) is 14.4 Å². The molecule has 2 aromatic rings. The molecular formula is C32H47N3O4. The summed E-state index contributed by atoms with van der Waals surface area (Å²) in [4.78, 5) is 42.8. The number of rotatable bonds is 10. The Kier molecular flexibility index (Phi) is 11.1. The highest BCUT2D eigenvalue weighted by Crippen LogP contribution is 2.28. The molecule has 2 N–H and O–H groups in total. The number of unbranched alkanes of at least 4 members (excludes halogenated alkanes) is 1. The third kappa shape index (κ3) is 10.4. The van der Waals surface area contributed by atoms with Crippen molar-refractivity contribution < 1.29 is 19.1 Å². The molecule has 2 rings (SSSR count). The Morgan fingerprint density at radius 3 is 2.13 bits per heavy atom. The molecule has 0 bridgehead atoms. The molecule has 0 aliphatic heterocycles. The van der Waals surface area contributed by atoms with E-state index in [1.54, 1.807) is 25.7 Å². The van der Waals surface area contributed by atoms with Gasteiger partial charge < -0.3 is 20.3 Å².